The fourth-order valence-corrected chi connectivity index (χ4v) is 9.16. The van der Waals surface area contributed by atoms with Crippen LogP contribution in [0.1, 0.15) is 251 Å². The Morgan fingerprint density at radius 3 is 1.43 bits per heavy atom. The zero-order valence-corrected chi connectivity index (χ0v) is 43.5. The van der Waals surface area contributed by atoms with Gasteiger partial charge in [0.2, 0.25) is 0 Å². The number of carbonyl (C=O) groups excluding carboxylic acids is 1. The van der Waals surface area contributed by atoms with E-state index in [1.807, 2.05) is 0 Å². The van der Waals surface area contributed by atoms with Crippen molar-refractivity contribution in [2.75, 3.05) is 26.4 Å². The Bertz CT molecular complexity index is 1260. The Hall–Kier alpha value is -1.42. The van der Waals surface area contributed by atoms with Crippen LogP contribution in [-0.2, 0) is 38.3 Å². The molecule has 1 rings (SSSR count). The van der Waals surface area contributed by atoms with Crippen LogP contribution in [0.5, 0.6) is 0 Å². The summed E-state index contributed by atoms with van der Waals surface area (Å²) < 4.78 is 59.3. The van der Waals surface area contributed by atoms with E-state index in [-0.39, 0.29) is 19.6 Å². The third-order valence-corrected chi connectivity index (χ3v) is 13.3. The van der Waals surface area contributed by atoms with Gasteiger partial charge in [-0.2, -0.15) is 8.42 Å². The molecule has 1 fully saturated rings. The Morgan fingerprint density at radius 2 is 0.985 bits per heavy atom. The van der Waals surface area contributed by atoms with Crippen LogP contribution in [0, 0.1) is 0 Å². The van der Waals surface area contributed by atoms with Crippen molar-refractivity contribution in [1.82, 2.24) is 0 Å². The highest BCUT2D eigenvalue weighted by atomic mass is 32.3. The van der Waals surface area contributed by atoms with Crippen LogP contribution in [0.2, 0.25) is 0 Å². The van der Waals surface area contributed by atoms with Crippen molar-refractivity contribution < 1.29 is 56.2 Å². The Balaban J connectivity index is 2.31. The van der Waals surface area contributed by atoms with Crippen LogP contribution in [0.4, 0.5) is 0 Å². The fraction of sp³-hybridized carbons (Fsp3) is 0.907. The molecule has 0 spiro atoms. The van der Waals surface area contributed by atoms with Gasteiger partial charge < -0.3 is 34.3 Å². The summed E-state index contributed by atoms with van der Waals surface area (Å²) in [5.41, 5.74) is 0. The molecule has 0 aliphatic carbocycles. The predicted octanol–water partition coefficient (Wildman–Crippen LogP) is 13.1. The molecule has 4 N–H and O–H groups in total. The normalized spacial score (nSPS) is 19.5. The van der Waals surface area contributed by atoms with Crippen molar-refractivity contribution in [2.24, 2.45) is 0 Å². The molecular weight excluding hydrogens is 873 g/mol. The van der Waals surface area contributed by atoms with Crippen molar-refractivity contribution >= 4 is 16.4 Å². The lowest BCUT2D eigenvalue weighted by molar-refractivity contribution is -0.301. The number of esters is 1. The third-order valence-electron chi connectivity index (χ3n) is 12.8. The molecule has 0 aromatic heterocycles. The average Bonchev–Trinajstić information content (AvgIpc) is 3.30. The monoisotopic (exact) mass is 975 g/mol. The van der Waals surface area contributed by atoms with E-state index >= 15 is 0 Å². The molecule has 396 valence electrons. The maximum Gasteiger partial charge on any atom is 0.397 e. The highest BCUT2D eigenvalue weighted by molar-refractivity contribution is 7.80. The molecule has 1 aliphatic rings. The summed E-state index contributed by atoms with van der Waals surface area (Å²) >= 11 is 0. The minimum atomic E-state index is -5.07. The van der Waals surface area contributed by atoms with E-state index in [2.05, 4.69) is 42.3 Å². The zero-order valence-electron chi connectivity index (χ0n) is 42.7. The van der Waals surface area contributed by atoms with Gasteiger partial charge in [-0.25, -0.2) is 4.18 Å². The first-order valence-corrected chi connectivity index (χ1v) is 29.0. The van der Waals surface area contributed by atoms with Gasteiger partial charge in [0.1, 0.15) is 30.5 Å². The van der Waals surface area contributed by atoms with E-state index in [1.54, 1.807) is 0 Å². The quantitative estimate of drug-likeness (QED) is 0.0197. The molecule has 0 amide bonds. The van der Waals surface area contributed by atoms with Gasteiger partial charge in [0, 0.05) is 13.0 Å². The fourth-order valence-electron chi connectivity index (χ4n) is 8.65. The van der Waals surface area contributed by atoms with Crippen LogP contribution >= 0.6 is 0 Å². The first-order chi connectivity index (χ1) is 32.6. The largest absolute Gasteiger partial charge is 0.457 e. The van der Waals surface area contributed by atoms with Crippen LogP contribution in [0.3, 0.4) is 0 Å². The van der Waals surface area contributed by atoms with Gasteiger partial charge in [-0.3, -0.25) is 9.35 Å². The zero-order chi connectivity index (χ0) is 48.9. The summed E-state index contributed by atoms with van der Waals surface area (Å²) in [7, 11) is -5.07. The minimum Gasteiger partial charge on any atom is -0.457 e. The molecule has 0 bridgehead atoms. The third kappa shape index (κ3) is 39.0. The number of unbranched alkanes of at least 4 members (excludes halogenated alkanes) is 32. The molecule has 0 saturated carbocycles. The van der Waals surface area contributed by atoms with Crippen molar-refractivity contribution in [3.05, 3.63) is 24.3 Å². The number of aliphatic hydroxyl groups excluding tert-OH is 3. The molecule has 0 aromatic carbocycles. The van der Waals surface area contributed by atoms with E-state index < -0.39 is 59.8 Å². The van der Waals surface area contributed by atoms with E-state index in [1.165, 1.54) is 167 Å². The number of rotatable bonds is 49. The Labute approximate surface area is 410 Å². The van der Waals surface area contributed by atoms with Crippen LogP contribution in [-0.4, -0.2) is 97.5 Å². The second-order valence-corrected chi connectivity index (χ2v) is 20.2. The SMILES string of the molecule is CCCCCC/C=C\C/C=C\CCCCCCCCOCC(COC1OC(CO)C(O)C(OS(=O)(=O)O)C1O)OC(=O)CCCCCCCCCCCCCCCCCCCCCCCCC. The number of allylic oxidation sites excluding steroid dienone is 4. The summed E-state index contributed by atoms with van der Waals surface area (Å²) in [6, 6.07) is 0. The maximum atomic E-state index is 12.9. The summed E-state index contributed by atoms with van der Waals surface area (Å²) in [4.78, 5) is 12.9. The molecule has 1 heterocycles. The lowest BCUT2D eigenvalue weighted by Gasteiger charge is -2.41. The van der Waals surface area contributed by atoms with Gasteiger partial charge in [-0.15, -0.1) is 0 Å². The summed E-state index contributed by atoms with van der Waals surface area (Å²) in [5.74, 6) is -0.397. The van der Waals surface area contributed by atoms with E-state index in [0.29, 0.717) is 13.0 Å². The Kier molecular flexibility index (Phi) is 43.4. The second-order valence-electron chi connectivity index (χ2n) is 19.2. The molecule has 67 heavy (non-hydrogen) atoms. The number of carbonyl (C=O) groups is 1. The van der Waals surface area contributed by atoms with E-state index in [0.717, 1.165) is 57.8 Å². The van der Waals surface area contributed by atoms with Gasteiger partial charge in [0.25, 0.3) is 0 Å². The van der Waals surface area contributed by atoms with Gasteiger partial charge in [-0.05, 0) is 44.9 Å². The summed E-state index contributed by atoms with van der Waals surface area (Å²) in [6.45, 7) is 4.00. The number of hydrogen-bond donors (Lipinski definition) is 4. The molecule has 12 nitrogen and oxygen atoms in total. The molecule has 1 aliphatic heterocycles. The predicted molar refractivity (Wildman–Crippen MR) is 271 cm³/mol. The molecule has 6 atom stereocenters. The van der Waals surface area contributed by atoms with Gasteiger partial charge >= 0.3 is 16.4 Å². The average molecular weight is 975 g/mol. The second kappa shape index (κ2) is 45.7. The molecule has 0 radical (unpaired) electrons. The van der Waals surface area contributed by atoms with Crippen molar-refractivity contribution in [3.8, 4) is 0 Å². The Morgan fingerprint density at radius 1 is 0.567 bits per heavy atom. The number of ether oxygens (including phenoxy) is 4. The standard InChI is InChI=1S/C54H102O12S/c1-3-5-7-9-11-13-15-17-19-21-22-23-24-25-26-27-29-31-33-35-37-39-41-43-50(56)64-48(47-63-54-52(58)53(66-67(59,60)61)51(57)49(45-55)65-54)46-62-44-42-40-38-36-34-32-30-28-20-18-16-14-12-10-8-6-4-2/h14,16,20,28,48-49,51-55,57-58H,3-13,15,17-19,21-27,29-47H2,1-2H3,(H,59,60,61)/b16-14-,28-20-. The van der Waals surface area contributed by atoms with Gasteiger partial charge in [0.15, 0.2) is 6.29 Å². The lowest BCUT2D eigenvalue weighted by Crippen LogP contribution is -2.60. The minimum absolute atomic E-state index is 0.0331. The van der Waals surface area contributed by atoms with E-state index in [4.69, 9.17) is 18.9 Å². The lowest BCUT2D eigenvalue weighted by atomic mass is 9.99. The van der Waals surface area contributed by atoms with Crippen LogP contribution in [0.15, 0.2) is 24.3 Å². The number of aliphatic hydroxyl groups is 3. The summed E-state index contributed by atoms with van der Waals surface area (Å²) in [5, 5.41) is 30.8. The highest BCUT2D eigenvalue weighted by Gasteiger charge is 2.48. The molecule has 6 unspecified atom stereocenters. The highest BCUT2D eigenvalue weighted by Crippen LogP contribution is 2.26. The smallest absolute Gasteiger partial charge is 0.397 e. The van der Waals surface area contributed by atoms with E-state index in [9.17, 15) is 33.1 Å². The first-order valence-electron chi connectivity index (χ1n) is 27.6. The van der Waals surface area contributed by atoms with Gasteiger partial charge in [0.05, 0.1) is 19.8 Å². The van der Waals surface area contributed by atoms with Crippen molar-refractivity contribution in [2.45, 2.75) is 288 Å². The molecular formula is C54H102O12S. The topological polar surface area (TPSA) is 178 Å². The summed E-state index contributed by atoms with van der Waals surface area (Å²) in [6.07, 6.45) is 45.0. The van der Waals surface area contributed by atoms with Gasteiger partial charge in [-0.1, -0.05) is 224 Å². The first kappa shape index (κ1) is 63.6. The van der Waals surface area contributed by atoms with Crippen molar-refractivity contribution in [3.63, 3.8) is 0 Å². The molecule has 0 aromatic rings. The van der Waals surface area contributed by atoms with Crippen LogP contribution < -0.4 is 0 Å². The maximum absolute atomic E-state index is 12.9. The molecule has 1 saturated heterocycles. The number of hydrogen-bond acceptors (Lipinski definition) is 11. The van der Waals surface area contributed by atoms with Crippen molar-refractivity contribution in [1.29, 1.82) is 0 Å². The van der Waals surface area contributed by atoms with Crippen LogP contribution in [0.25, 0.3) is 0 Å². The molecule has 13 heteroatoms.